The lowest BCUT2D eigenvalue weighted by atomic mass is 10.1. The molecule has 0 radical (unpaired) electrons. The topological polar surface area (TPSA) is 66.1 Å². The molecule has 3 aliphatic rings. The van der Waals surface area contributed by atoms with Crippen molar-refractivity contribution in [1.29, 1.82) is 0 Å². The number of carbonyl (C=O) groups excluding carboxylic acids is 2. The summed E-state index contributed by atoms with van der Waals surface area (Å²) in [6, 6.07) is 4.31. The van der Waals surface area contributed by atoms with Crippen LogP contribution in [-0.2, 0) is 16.1 Å². The normalized spacial score (nSPS) is 26.3. The Balaban J connectivity index is 1.48. The highest BCUT2D eigenvalue weighted by Gasteiger charge is 2.38. The molecule has 0 N–H and O–H groups in total. The number of nitrogens with zero attached hydrogens (tertiary/aromatic N) is 3. The first kappa shape index (κ1) is 15.4. The quantitative estimate of drug-likeness (QED) is 0.833. The van der Waals surface area contributed by atoms with Gasteiger partial charge in [-0.2, -0.15) is 5.10 Å². The average molecular weight is 329 g/mol. The number of carbonyl (C=O) groups is 2. The van der Waals surface area contributed by atoms with Crippen LogP contribution in [0.1, 0.15) is 56.5 Å². The molecule has 0 unspecified atom stereocenters. The van der Waals surface area contributed by atoms with Gasteiger partial charge in [-0.1, -0.05) is 6.92 Å². The Morgan fingerprint density at radius 3 is 2.75 bits per heavy atom. The van der Waals surface area contributed by atoms with Crippen LogP contribution in [0.2, 0.25) is 0 Å². The van der Waals surface area contributed by atoms with Crippen LogP contribution in [0, 0.1) is 5.92 Å². The highest BCUT2D eigenvalue weighted by molar-refractivity contribution is 6.39. The summed E-state index contributed by atoms with van der Waals surface area (Å²) in [5, 5.41) is 5.45. The summed E-state index contributed by atoms with van der Waals surface area (Å²) in [6.45, 7) is 2.72. The fourth-order valence-electron chi connectivity index (χ4n) is 3.31. The van der Waals surface area contributed by atoms with Crippen molar-refractivity contribution in [2.45, 2.75) is 57.5 Å². The van der Waals surface area contributed by atoms with E-state index in [4.69, 9.17) is 4.42 Å². The van der Waals surface area contributed by atoms with Gasteiger partial charge in [-0.3, -0.25) is 9.59 Å². The molecule has 24 heavy (non-hydrogen) atoms. The van der Waals surface area contributed by atoms with Gasteiger partial charge in [-0.25, -0.2) is 5.01 Å². The summed E-state index contributed by atoms with van der Waals surface area (Å²) >= 11 is 0. The van der Waals surface area contributed by atoms with Gasteiger partial charge in [-0.15, -0.1) is 0 Å². The second kappa shape index (κ2) is 5.76. The van der Waals surface area contributed by atoms with Gasteiger partial charge in [0.25, 0.3) is 5.91 Å². The number of rotatable bonds is 5. The smallest absolute Gasteiger partial charge is 0.270 e. The number of hydrazone groups is 1. The summed E-state index contributed by atoms with van der Waals surface area (Å²) in [5.74, 6) is 3.03. The molecule has 128 valence electrons. The lowest BCUT2D eigenvalue weighted by Crippen LogP contribution is -2.41. The number of hydrogen-bond acceptors (Lipinski definition) is 4. The van der Waals surface area contributed by atoms with Crippen LogP contribution in [0.5, 0.6) is 0 Å². The van der Waals surface area contributed by atoms with Crippen molar-refractivity contribution >= 4 is 17.5 Å². The zero-order valence-corrected chi connectivity index (χ0v) is 14.2. The number of hydrogen-bond donors (Lipinski definition) is 0. The molecule has 0 bridgehead atoms. The van der Waals surface area contributed by atoms with E-state index in [2.05, 4.69) is 12.0 Å². The standard InChI is InChI=1S/C18H23N3O3/c1-11-9-14(11)16-7-5-13(24-16)10-21(12-3-4-12)18(23)15-6-8-17(22)20(2)19-15/h5,7,11-12,14H,3-4,6,8-10H2,1-2H3/t11-,14-/m1/s1. The summed E-state index contributed by atoms with van der Waals surface area (Å²) < 4.78 is 5.96. The summed E-state index contributed by atoms with van der Waals surface area (Å²) in [7, 11) is 1.60. The molecule has 0 aromatic carbocycles. The van der Waals surface area contributed by atoms with E-state index in [-0.39, 0.29) is 17.9 Å². The van der Waals surface area contributed by atoms with E-state index < -0.39 is 0 Å². The van der Waals surface area contributed by atoms with Gasteiger partial charge in [0.2, 0.25) is 5.91 Å². The molecule has 0 spiro atoms. The lowest BCUT2D eigenvalue weighted by Gasteiger charge is -2.25. The van der Waals surface area contributed by atoms with Gasteiger partial charge in [0.15, 0.2) is 0 Å². The second-order valence-electron chi connectivity index (χ2n) is 7.25. The molecule has 2 heterocycles. The van der Waals surface area contributed by atoms with Crippen molar-refractivity contribution < 1.29 is 14.0 Å². The summed E-state index contributed by atoms with van der Waals surface area (Å²) in [6.07, 6.45) is 4.02. The molecule has 1 aliphatic heterocycles. The van der Waals surface area contributed by atoms with Crippen molar-refractivity contribution in [3.63, 3.8) is 0 Å². The summed E-state index contributed by atoms with van der Waals surface area (Å²) in [5.41, 5.74) is 0.478. The molecule has 1 aromatic heterocycles. The third-order valence-electron chi connectivity index (χ3n) is 5.19. The molecule has 2 fully saturated rings. The van der Waals surface area contributed by atoms with Crippen LogP contribution in [0.4, 0.5) is 0 Å². The largest absolute Gasteiger partial charge is 0.464 e. The van der Waals surface area contributed by atoms with Gasteiger partial charge in [-0.05, 0) is 37.3 Å². The zero-order valence-electron chi connectivity index (χ0n) is 14.2. The molecule has 2 amide bonds. The van der Waals surface area contributed by atoms with Gasteiger partial charge < -0.3 is 9.32 Å². The van der Waals surface area contributed by atoms with Crippen LogP contribution >= 0.6 is 0 Å². The SMILES string of the molecule is C[C@@H]1C[C@H]1c1ccc(CN(C(=O)C2=NN(C)C(=O)CC2)C2CC2)o1. The fourth-order valence-corrected chi connectivity index (χ4v) is 3.31. The first-order chi connectivity index (χ1) is 11.5. The predicted octanol–water partition coefficient (Wildman–Crippen LogP) is 2.50. The molecule has 2 atom stereocenters. The van der Waals surface area contributed by atoms with Crippen molar-refractivity contribution in [3.8, 4) is 0 Å². The average Bonchev–Trinajstić information content (AvgIpc) is 3.48. The van der Waals surface area contributed by atoms with Crippen LogP contribution in [0.15, 0.2) is 21.7 Å². The lowest BCUT2D eigenvalue weighted by molar-refractivity contribution is -0.131. The Labute approximate surface area is 141 Å². The zero-order chi connectivity index (χ0) is 16.8. The fraction of sp³-hybridized carbons (Fsp3) is 0.611. The van der Waals surface area contributed by atoms with Gasteiger partial charge in [0.05, 0.1) is 6.54 Å². The van der Waals surface area contributed by atoms with E-state index in [9.17, 15) is 9.59 Å². The Bertz CT molecular complexity index is 704. The molecule has 2 saturated carbocycles. The van der Waals surface area contributed by atoms with Crippen molar-refractivity contribution in [1.82, 2.24) is 9.91 Å². The Kier molecular flexibility index (Phi) is 3.70. The summed E-state index contributed by atoms with van der Waals surface area (Å²) in [4.78, 5) is 26.3. The van der Waals surface area contributed by atoms with E-state index in [1.807, 2.05) is 17.0 Å². The Morgan fingerprint density at radius 2 is 2.12 bits per heavy atom. The number of amides is 2. The van der Waals surface area contributed by atoms with Crippen LogP contribution < -0.4 is 0 Å². The third kappa shape index (κ3) is 2.97. The van der Waals surface area contributed by atoms with Gasteiger partial charge in [0.1, 0.15) is 17.2 Å². The maximum absolute atomic E-state index is 12.9. The maximum Gasteiger partial charge on any atom is 0.270 e. The van der Waals surface area contributed by atoms with E-state index in [1.54, 1.807) is 7.05 Å². The minimum absolute atomic E-state index is 0.0428. The molecular weight excluding hydrogens is 306 g/mol. The Morgan fingerprint density at radius 1 is 1.38 bits per heavy atom. The van der Waals surface area contributed by atoms with E-state index in [0.717, 1.165) is 24.4 Å². The van der Waals surface area contributed by atoms with Crippen LogP contribution in [0.3, 0.4) is 0 Å². The molecule has 6 heteroatoms. The van der Waals surface area contributed by atoms with E-state index in [0.29, 0.717) is 36.9 Å². The molecular formula is C18H23N3O3. The Hall–Kier alpha value is -2.11. The highest BCUT2D eigenvalue weighted by atomic mass is 16.3. The third-order valence-corrected chi connectivity index (χ3v) is 5.19. The predicted molar refractivity (Wildman–Crippen MR) is 88.2 cm³/mol. The monoisotopic (exact) mass is 329 g/mol. The van der Waals surface area contributed by atoms with Gasteiger partial charge in [0, 0.05) is 31.8 Å². The second-order valence-corrected chi connectivity index (χ2v) is 7.25. The molecule has 2 aliphatic carbocycles. The minimum Gasteiger partial charge on any atom is -0.464 e. The first-order valence-electron chi connectivity index (χ1n) is 8.76. The number of furan rings is 1. The molecule has 6 nitrogen and oxygen atoms in total. The minimum atomic E-state index is -0.0606. The first-order valence-corrected chi connectivity index (χ1v) is 8.76. The molecule has 0 saturated heterocycles. The van der Waals surface area contributed by atoms with Crippen LogP contribution in [0.25, 0.3) is 0 Å². The van der Waals surface area contributed by atoms with Crippen molar-refractivity contribution in [2.75, 3.05) is 7.05 Å². The van der Waals surface area contributed by atoms with Crippen LogP contribution in [-0.4, -0.2) is 40.5 Å². The van der Waals surface area contributed by atoms with E-state index >= 15 is 0 Å². The van der Waals surface area contributed by atoms with Crippen molar-refractivity contribution in [2.24, 2.45) is 11.0 Å². The molecule has 4 rings (SSSR count). The highest BCUT2D eigenvalue weighted by Crippen LogP contribution is 2.47. The van der Waals surface area contributed by atoms with Crippen molar-refractivity contribution in [3.05, 3.63) is 23.7 Å². The van der Waals surface area contributed by atoms with E-state index in [1.165, 1.54) is 11.4 Å². The molecule has 1 aromatic rings. The maximum atomic E-state index is 12.9. The van der Waals surface area contributed by atoms with Gasteiger partial charge >= 0.3 is 0 Å².